The zero-order valence-electron chi connectivity index (χ0n) is 11.0. The fourth-order valence-corrected chi connectivity index (χ4v) is 2.54. The number of aromatic nitrogens is 4. The molecule has 1 N–H and O–H groups in total. The Morgan fingerprint density at radius 2 is 2.26 bits per heavy atom. The molecule has 0 aliphatic heterocycles. The second-order valence-corrected chi connectivity index (χ2v) is 5.04. The molecule has 0 atom stereocenters. The Bertz CT molecular complexity index is 487. The quantitative estimate of drug-likeness (QED) is 0.802. The highest BCUT2D eigenvalue weighted by molar-refractivity contribution is 5.43. The van der Waals surface area contributed by atoms with Crippen molar-refractivity contribution in [2.24, 2.45) is 5.92 Å². The van der Waals surface area contributed by atoms with Crippen molar-refractivity contribution in [3.05, 3.63) is 18.4 Å². The van der Waals surface area contributed by atoms with Crippen molar-refractivity contribution in [1.82, 2.24) is 25.5 Å². The van der Waals surface area contributed by atoms with Gasteiger partial charge in [0.25, 0.3) is 0 Å². The highest BCUT2D eigenvalue weighted by atomic mass is 16.3. The monoisotopic (exact) mass is 261 g/mol. The highest BCUT2D eigenvalue weighted by Gasteiger charge is 2.14. The molecule has 0 unspecified atom stereocenters. The van der Waals surface area contributed by atoms with Crippen molar-refractivity contribution in [2.45, 2.75) is 32.2 Å². The maximum atomic E-state index is 5.23. The van der Waals surface area contributed by atoms with Gasteiger partial charge in [-0.2, -0.15) is 4.80 Å². The molecule has 1 aliphatic rings. The summed E-state index contributed by atoms with van der Waals surface area (Å²) in [6.07, 6.45) is 7.14. The minimum atomic E-state index is 0.542. The summed E-state index contributed by atoms with van der Waals surface area (Å²) in [6.45, 7) is 2.73. The highest BCUT2D eigenvalue weighted by Crippen LogP contribution is 2.23. The molecule has 0 spiro atoms. The van der Waals surface area contributed by atoms with Gasteiger partial charge in [-0.1, -0.05) is 12.8 Å². The summed E-state index contributed by atoms with van der Waals surface area (Å²) in [4.78, 5) is 1.61. The van der Waals surface area contributed by atoms with Crippen LogP contribution in [-0.2, 0) is 6.54 Å². The van der Waals surface area contributed by atoms with Crippen LogP contribution in [0, 0.1) is 5.92 Å². The van der Waals surface area contributed by atoms with Gasteiger partial charge in [0, 0.05) is 6.54 Å². The van der Waals surface area contributed by atoms with E-state index in [1.165, 1.54) is 25.7 Å². The third-order valence-corrected chi connectivity index (χ3v) is 3.59. The Hall–Kier alpha value is -1.69. The minimum Gasteiger partial charge on any atom is -0.461 e. The molecule has 102 valence electrons. The van der Waals surface area contributed by atoms with Gasteiger partial charge in [-0.15, -0.1) is 10.2 Å². The molecule has 2 aromatic rings. The van der Waals surface area contributed by atoms with Gasteiger partial charge in [0.15, 0.2) is 5.76 Å². The van der Waals surface area contributed by atoms with Crippen LogP contribution in [0.3, 0.4) is 0 Å². The van der Waals surface area contributed by atoms with Crippen molar-refractivity contribution in [2.75, 3.05) is 13.1 Å². The van der Waals surface area contributed by atoms with Crippen LogP contribution in [0.25, 0.3) is 11.6 Å². The number of rotatable bonds is 6. The smallest absolute Gasteiger partial charge is 0.240 e. The summed E-state index contributed by atoms with van der Waals surface area (Å²) in [5.74, 6) is 2.06. The topological polar surface area (TPSA) is 68.8 Å². The van der Waals surface area contributed by atoms with Crippen molar-refractivity contribution in [3.63, 3.8) is 0 Å². The standard InChI is InChI=1S/C13H19N5O/c1-2-5-11(4-1)10-14-7-8-18-16-13(15-17-18)12-6-3-9-19-12/h3,6,9,11,14H,1-2,4-5,7-8,10H2. The fourth-order valence-electron chi connectivity index (χ4n) is 2.54. The Morgan fingerprint density at radius 3 is 3.05 bits per heavy atom. The molecule has 6 heteroatoms. The van der Waals surface area contributed by atoms with E-state index < -0.39 is 0 Å². The first kappa shape index (κ1) is 12.3. The van der Waals surface area contributed by atoms with Crippen LogP contribution in [0.1, 0.15) is 25.7 Å². The third kappa shape index (κ3) is 3.20. The summed E-state index contributed by atoms with van der Waals surface area (Å²) in [5.41, 5.74) is 0. The molecule has 19 heavy (non-hydrogen) atoms. The Balaban J connectivity index is 1.43. The predicted molar refractivity (Wildman–Crippen MR) is 70.3 cm³/mol. The molecule has 6 nitrogen and oxygen atoms in total. The first-order valence-corrected chi connectivity index (χ1v) is 6.94. The lowest BCUT2D eigenvalue weighted by atomic mass is 10.1. The predicted octanol–water partition coefficient (Wildman–Crippen LogP) is 1.71. The molecule has 2 heterocycles. The van der Waals surface area contributed by atoms with E-state index in [1.54, 1.807) is 11.1 Å². The molecule has 3 rings (SSSR count). The van der Waals surface area contributed by atoms with Gasteiger partial charge in [0.1, 0.15) is 0 Å². The van der Waals surface area contributed by atoms with Gasteiger partial charge in [-0.05, 0) is 42.7 Å². The summed E-state index contributed by atoms with van der Waals surface area (Å²) in [7, 11) is 0. The van der Waals surface area contributed by atoms with Crippen LogP contribution >= 0.6 is 0 Å². The van der Waals surface area contributed by atoms with Crippen molar-refractivity contribution >= 4 is 0 Å². The summed E-state index contributed by atoms with van der Waals surface area (Å²) < 4.78 is 5.23. The van der Waals surface area contributed by atoms with Gasteiger partial charge < -0.3 is 9.73 Å². The first-order chi connectivity index (χ1) is 9.42. The van der Waals surface area contributed by atoms with Crippen LogP contribution in [0.2, 0.25) is 0 Å². The molecule has 1 saturated carbocycles. The lowest BCUT2D eigenvalue weighted by molar-refractivity contribution is 0.446. The third-order valence-electron chi connectivity index (χ3n) is 3.59. The molecular weight excluding hydrogens is 242 g/mol. The van der Waals surface area contributed by atoms with E-state index in [0.717, 1.165) is 25.6 Å². The maximum Gasteiger partial charge on any atom is 0.240 e. The lowest BCUT2D eigenvalue weighted by Crippen LogP contribution is -2.25. The molecule has 0 amide bonds. The Morgan fingerprint density at radius 1 is 1.37 bits per heavy atom. The van der Waals surface area contributed by atoms with Crippen LogP contribution < -0.4 is 5.32 Å². The summed E-state index contributed by atoms with van der Waals surface area (Å²) >= 11 is 0. The van der Waals surface area contributed by atoms with E-state index in [1.807, 2.05) is 12.1 Å². The van der Waals surface area contributed by atoms with Gasteiger partial charge in [-0.25, -0.2) is 0 Å². The van der Waals surface area contributed by atoms with E-state index in [2.05, 4.69) is 20.7 Å². The number of tetrazole rings is 1. The average Bonchev–Trinajstić information content (AvgIpc) is 3.15. The Kier molecular flexibility index (Phi) is 3.88. The van der Waals surface area contributed by atoms with E-state index in [9.17, 15) is 0 Å². The fraction of sp³-hybridized carbons (Fsp3) is 0.615. The normalized spacial score (nSPS) is 16.2. The molecule has 0 bridgehead atoms. The van der Waals surface area contributed by atoms with Crippen LogP contribution in [0.15, 0.2) is 22.8 Å². The van der Waals surface area contributed by atoms with E-state index in [0.29, 0.717) is 11.6 Å². The van der Waals surface area contributed by atoms with E-state index in [-0.39, 0.29) is 0 Å². The molecule has 2 aromatic heterocycles. The largest absolute Gasteiger partial charge is 0.461 e. The first-order valence-electron chi connectivity index (χ1n) is 6.94. The van der Waals surface area contributed by atoms with Crippen LogP contribution in [0.4, 0.5) is 0 Å². The molecule has 0 aromatic carbocycles. The van der Waals surface area contributed by atoms with Gasteiger partial charge in [-0.3, -0.25) is 0 Å². The molecular formula is C13H19N5O. The van der Waals surface area contributed by atoms with Crippen molar-refractivity contribution < 1.29 is 4.42 Å². The number of hydrogen-bond donors (Lipinski definition) is 1. The maximum absolute atomic E-state index is 5.23. The van der Waals surface area contributed by atoms with Crippen LogP contribution in [0.5, 0.6) is 0 Å². The Labute approximate surface area is 112 Å². The van der Waals surface area contributed by atoms with Gasteiger partial charge in [0.05, 0.1) is 12.8 Å². The summed E-state index contributed by atoms with van der Waals surface area (Å²) in [5, 5.41) is 15.7. The zero-order chi connectivity index (χ0) is 12.9. The van der Waals surface area contributed by atoms with Crippen LogP contribution in [-0.4, -0.2) is 33.3 Å². The lowest BCUT2D eigenvalue weighted by Gasteiger charge is -2.09. The van der Waals surface area contributed by atoms with Crippen molar-refractivity contribution in [3.8, 4) is 11.6 Å². The minimum absolute atomic E-state index is 0.542. The number of nitrogens with zero attached hydrogens (tertiary/aromatic N) is 4. The molecule has 0 radical (unpaired) electrons. The second-order valence-electron chi connectivity index (χ2n) is 5.04. The van der Waals surface area contributed by atoms with E-state index >= 15 is 0 Å². The van der Waals surface area contributed by atoms with Gasteiger partial charge in [0.2, 0.25) is 5.82 Å². The number of furan rings is 1. The molecule has 1 aliphatic carbocycles. The van der Waals surface area contributed by atoms with E-state index in [4.69, 9.17) is 4.42 Å². The number of hydrogen-bond acceptors (Lipinski definition) is 5. The van der Waals surface area contributed by atoms with Gasteiger partial charge >= 0.3 is 0 Å². The molecule has 0 saturated heterocycles. The summed E-state index contributed by atoms with van der Waals surface area (Å²) in [6, 6.07) is 3.65. The zero-order valence-corrected chi connectivity index (χ0v) is 11.0. The average molecular weight is 261 g/mol. The van der Waals surface area contributed by atoms with Crippen molar-refractivity contribution in [1.29, 1.82) is 0 Å². The molecule has 1 fully saturated rings. The SMILES string of the molecule is c1coc(-c2nnn(CCNCC3CCCC3)n2)c1. The number of nitrogens with one attached hydrogen (secondary N) is 1. The second kappa shape index (κ2) is 5.97.